The Morgan fingerprint density at radius 1 is 1.26 bits per heavy atom. The highest BCUT2D eigenvalue weighted by atomic mass is 16.6. The summed E-state index contributed by atoms with van der Waals surface area (Å²) < 4.78 is 15.1. The molecule has 10 nitrogen and oxygen atoms in total. The van der Waals surface area contributed by atoms with Crippen molar-refractivity contribution in [2.24, 2.45) is 0 Å². The number of nitro benzene ring substituents is 1. The van der Waals surface area contributed by atoms with E-state index in [0.29, 0.717) is 5.76 Å². The van der Waals surface area contributed by atoms with Crippen LogP contribution in [-0.2, 0) is 16.1 Å². The van der Waals surface area contributed by atoms with E-state index in [0.717, 1.165) is 6.07 Å². The molecule has 0 atom stereocenters. The van der Waals surface area contributed by atoms with Crippen LogP contribution in [0, 0.1) is 17.0 Å². The minimum Gasteiger partial charge on any atom is -0.465 e. The number of aliphatic hydroxyl groups excluding tert-OH is 1. The molecule has 0 aliphatic rings. The Hall–Kier alpha value is -3.40. The largest absolute Gasteiger partial charge is 0.465 e. The Balaban J connectivity index is 2.18. The number of aryl methyl sites for hydroxylation is 1. The van der Waals surface area contributed by atoms with Gasteiger partial charge in [-0.3, -0.25) is 10.1 Å². The predicted octanol–water partition coefficient (Wildman–Crippen LogP) is 2.04. The van der Waals surface area contributed by atoms with Gasteiger partial charge in [0, 0.05) is 24.4 Å². The van der Waals surface area contributed by atoms with Crippen LogP contribution < -0.4 is 5.32 Å². The number of hydrogen-bond donors (Lipinski definition) is 2. The van der Waals surface area contributed by atoms with Crippen LogP contribution in [0.4, 0.5) is 11.4 Å². The number of benzene rings is 1. The number of esters is 2. The molecular formula is C17H18N2O8. The number of non-ortho nitro benzene ring substituents is 1. The van der Waals surface area contributed by atoms with Gasteiger partial charge in [-0.25, -0.2) is 9.59 Å². The fourth-order valence-electron chi connectivity index (χ4n) is 2.30. The smallest absolute Gasteiger partial charge is 0.341 e. The molecule has 0 aliphatic heterocycles. The van der Waals surface area contributed by atoms with Crippen molar-refractivity contribution in [3.8, 4) is 0 Å². The van der Waals surface area contributed by atoms with E-state index in [4.69, 9.17) is 14.3 Å². The summed E-state index contributed by atoms with van der Waals surface area (Å²) in [7, 11) is 1.23. The molecule has 1 aromatic heterocycles. The van der Waals surface area contributed by atoms with E-state index >= 15 is 0 Å². The van der Waals surface area contributed by atoms with Crippen molar-refractivity contribution in [1.29, 1.82) is 0 Å². The highest BCUT2D eigenvalue weighted by Gasteiger charge is 2.20. The molecule has 0 saturated carbocycles. The highest BCUT2D eigenvalue weighted by molar-refractivity contribution is 5.96. The minimum absolute atomic E-state index is 0.0610. The average Bonchev–Trinajstić information content (AvgIpc) is 3.04. The molecule has 1 heterocycles. The lowest BCUT2D eigenvalue weighted by atomic mass is 10.1. The molecule has 2 N–H and O–H groups in total. The first kappa shape index (κ1) is 19.9. The fourth-order valence-corrected chi connectivity index (χ4v) is 2.30. The molecule has 10 heteroatoms. The zero-order valence-corrected chi connectivity index (χ0v) is 14.7. The van der Waals surface area contributed by atoms with Crippen LogP contribution in [-0.4, -0.2) is 42.2 Å². The van der Waals surface area contributed by atoms with Crippen LogP contribution in [0.15, 0.2) is 28.7 Å². The first-order valence-corrected chi connectivity index (χ1v) is 7.85. The maximum absolute atomic E-state index is 12.4. The van der Waals surface area contributed by atoms with E-state index in [2.05, 4.69) is 10.1 Å². The molecule has 1 aromatic carbocycles. The third-order valence-electron chi connectivity index (χ3n) is 3.58. The van der Waals surface area contributed by atoms with E-state index in [9.17, 15) is 19.7 Å². The molecule has 0 saturated heterocycles. The Kier molecular flexibility index (Phi) is 6.50. The number of furan rings is 1. The van der Waals surface area contributed by atoms with Crippen molar-refractivity contribution in [2.45, 2.75) is 13.5 Å². The van der Waals surface area contributed by atoms with Crippen LogP contribution in [0.1, 0.15) is 32.2 Å². The first-order valence-electron chi connectivity index (χ1n) is 7.85. The molecule has 0 amide bonds. The zero-order chi connectivity index (χ0) is 20.0. The number of nitrogens with one attached hydrogen (secondary N) is 1. The molecule has 0 bridgehead atoms. The third-order valence-corrected chi connectivity index (χ3v) is 3.58. The molecular weight excluding hydrogens is 360 g/mol. The number of methoxy groups -OCH3 is 1. The number of carbonyl (C=O) groups is 2. The summed E-state index contributed by atoms with van der Waals surface area (Å²) in [6.07, 6.45) is 0. The summed E-state index contributed by atoms with van der Waals surface area (Å²) in [4.78, 5) is 34.3. The van der Waals surface area contributed by atoms with E-state index in [1.807, 2.05) is 0 Å². The zero-order valence-electron chi connectivity index (χ0n) is 14.7. The Labute approximate surface area is 153 Å². The maximum Gasteiger partial charge on any atom is 0.341 e. The van der Waals surface area contributed by atoms with Gasteiger partial charge in [-0.05, 0) is 19.1 Å². The first-order chi connectivity index (χ1) is 12.9. The van der Waals surface area contributed by atoms with Gasteiger partial charge in [-0.2, -0.15) is 0 Å². The molecule has 0 fully saturated rings. The van der Waals surface area contributed by atoms with Gasteiger partial charge in [0.25, 0.3) is 5.69 Å². The van der Waals surface area contributed by atoms with E-state index in [1.54, 1.807) is 6.92 Å². The van der Waals surface area contributed by atoms with Gasteiger partial charge in [0.05, 0.1) is 24.2 Å². The van der Waals surface area contributed by atoms with Gasteiger partial charge in [0.1, 0.15) is 23.7 Å². The van der Waals surface area contributed by atoms with Gasteiger partial charge < -0.3 is 24.3 Å². The fraction of sp³-hybridized carbons (Fsp3) is 0.294. The van der Waals surface area contributed by atoms with Crippen LogP contribution >= 0.6 is 0 Å². The average molecular weight is 378 g/mol. The summed E-state index contributed by atoms with van der Waals surface area (Å²) in [6.45, 7) is 1.25. The third kappa shape index (κ3) is 4.82. The number of rotatable bonds is 8. The number of carbonyl (C=O) groups excluding carboxylic acids is 2. The normalized spacial score (nSPS) is 10.3. The quantitative estimate of drug-likeness (QED) is 0.401. The molecule has 2 aromatic rings. The predicted molar refractivity (Wildman–Crippen MR) is 92.6 cm³/mol. The molecule has 0 spiro atoms. The van der Waals surface area contributed by atoms with Gasteiger partial charge in [0.2, 0.25) is 0 Å². The number of nitro groups is 1. The number of aliphatic hydroxyl groups is 1. The standard InChI is InChI=1S/C17H18N2O8/c1-10-13(16(21)25-2)8-12(27-10)9-26-17(22)14-7-11(19(23)24)3-4-15(14)18-5-6-20/h3-4,7-8,18,20H,5-6,9H2,1-2H3. The van der Waals surface area contributed by atoms with Crippen molar-refractivity contribution in [3.05, 3.63) is 57.0 Å². The molecule has 144 valence electrons. The van der Waals surface area contributed by atoms with Gasteiger partial charge in [-0.1, -0.05) is 0 Å². The van der Waals surface area contributed by atoms with Crippen LogP contribution in [0.25, 0.3) is 0 Å². The lowest BCUT2D eigenvalue weighted by Gasteiger charge is -2.10. The summed E-state index contributed by atoms with van der Waals surface area (Å²) in [5.41, 5.74) is 0.155. The summed E-state index contributed by atoms with van der Waals surface area (Å²) in [5.74, 6) is -0.874. The van der Waals surface area contributed by atoms with Crippen molar-refractivity contribution >= 4 is 23.3 Å². The highest BCUT2D eigenvalue weighted by Crippen LogP contribution is 2.24. The lowest BCUT2D eigenvalue weighted by Crippen LogP contribution is -2.12. The monoisotopic (exact) mass is 378 g/mol. The van der Waals surface area contributed by atoms with Crippen LogP contribution in [0.3, 0.4) is 0 Å². The maximum atomic E-state index is 12.4. The summed E-state index contributed by atoms with van der Waals surface area (Å²) in [5, 5.41) is 22.6. The van der Waals surface area contributed by atoms with E-state index in [1.165, 1.54) is 25.3 Å². The van der Waals surface area contributed by atoms with Crippen molar-refractivity contribution in [3.63, 3.8) is 0 Å². The van der Waals surface area contributed by atoms with Crippen LogP contribution in [0.2, 0.25) is 0 Å². The van der Waals surface area contributed by atoms with Gasteiger partial charge in [0.15, 0.2) is 0 Å². The second-order valence-electron chi connectivity index (χ2n) is 5.39. The Morgan fingerprint density at radius 2 is 2.00 bits per heavy atom. The van der Waals surface area contributed by atoms with Crippen molar-refractivity contribution in [1.82, 2.24) is 0 Å². The van der Waals surface area contributed by atoms with Crippen molar-refractivity contribution < 1.29 is 33.5 Å². The number of anilines is 1. The molecule has 27 heavy (non-hydrogen) atoms. The molecule has 2 rings (SSSR count). The Morgan fingerprint density at radius 3 is 2.63 bits per heavy atom. The van der Waals surface area contributed by atoms with Gasteiger partial charge in [-0.15, -0.1) is 0 Å². The minimum atomic E-state index is -0.826. The molecule has 0 radical (unpaired) electrons. The summed E-state index contributed by atoms with van der Waals surface area (Å²) in [6, 6.07) is 5.06. The van der Waals surface area contributed by atoms with E-state index in [-0.39, 0.29) is 48.0 Å². The number of hydrogen-bond acceptors (Lipinski definition) is 9. The Bertz CT molecular complexity index is 859. The molecule has 0 aliphatic carbocycles. The second kappa shape index (κ2) is 8.81. The van der Waals surface area contributed by atoms with E-state index < -0.39 is 16.9 Å². The topological polar surface area (TPSA) is 141 Å². The summed E-state index contributed by atoms with van der Waals surface area (Å²) >= 11 is 0. The van der Waals surface area contributed by atoms with Crippen molar-refractivity contribution in [2.75, 3.05) is 25.6 Å². The lowest BCUT2D eigenvalue weighted by molar-refractivity contribution is -0.384. The van der Waals surface area contributed by atoms with Gasteiger partial charge >= 0.3 is 11.9 Å². The SMILES string of the molecule is COC(=O)c1cc(COC(=O)c2cc([N+](=O)[O-])ccc2NCCO)oc1C. The number of nitrogens with zero attached hydrogens (tertiary/aromatic N) is 1. The number of ether oxygens (including phenoxy) is 2. The van der Waals surface area contributed by atoms with Crippen LogP contribution in [0.5, 0.6) is 0 Å². The molecule has 0 unspecified atom stereocenters. The second-order valence-corrected chi connectivity index (χ2v) is 5.39.